The van der Waals surface area contributed by atoms with Gasteiger partial charge in [-0.05, 0) is 25.1 Å². The number of ether oxygens (including phenoxy) is 1. The standard InChI is InChI=1S/C17H24N2O2.C2HF3O2/c1-3-18-11-14-15(12-18)19(10-9-16(14)21-2)17(20)13-7-5-4-6-8-13;3-2(4,5)1(6)7/h4-8,14-16H,3,9-12H2,1-2H3;(H,6,7)/t14-,15+,16+;/m0./s1. The summed E-state index contributed by atoms with van der Waals surface area (Å²) in [5.41, 5.74) is 0.794. The number of hydrogen-bond donors (Lipinski definition) is 1. The average Bonchev–Trinajstić information content (AvgIpc) is 3.11. The normalized spacial score (nSPS) is 24.9. The van der Waals surface area contributed by atoms with Crippen LogP contribution in [0.15, 0.2) is 30.3 Å². The van der Waals surface area contributed by atoms with Crippen LogP contribution in [0.2, 0.25) is 0 Å². The van der Waals surface area contributed by atoms with Gasteiger partial charge in [-0.25, -0.2) is 4.79 Å². The number of carboxylic acid groups (broad SMARTS) is 1. The molecule has 3 rings (SSSR count). The Balaban J connectivity index is 0.000000345. The van der Waals surface area contributed by atoms with Crippen LogP contribution < -0.4 is 0 Å². The number of carboxylic acids is 1. The molecule has 156 valence electrons. The molecule has 0 aliphatic carbocycles. The van der Waals surface area contributed by atoms with Crippen LogP contribution in [0, 0.1) is 5.92 Å². The van der Waals surface area contributed by atoms with Gasteiger partial charge < -0.3 is 19.6 Å². The molecule has 1 N–H and O–H groups in total. The average molecular weight is 402 g/mol. The van der Waals surface area contributed by atoms with E-state index in [-0.39, 0.29) is 18.1 Å². The molecule has 0 spiro atoms. The van der Waals surface area contributed by atoms with Crippen LogP contribution in [0.4, 0.5) is 13.2 Å². The summed E-state index contributed by atoms with van der Waals surface area (Å²) in [6.45, 7) is 6.03. The van der Waals surface area contributed by atoms with Gasteiger partial charge in [0.05, 0.1) is 12.1 Å². The maximum atomic E-state index is 12.8. The van der Waals surface area contributed by atoms with Gasteiger partial charge in [-0.3, -0.25) is 4.79 Å². The van der Waals surface area contributed by atoms with E-state index < -0.39 is 12.1 Å². The number of nitrogens with zero attached hydrogens (tertiary/aromatic N) is 2. The lowest BCUT2D eigenvalue weighted by Gasteiger charge is -2.41. The number of amides is 1. The Bertz CT molecular complexity index is 669. The first kappa shape index (κ1) is 22.2. The van der Waals surface area contributed by atoms with Gasteiger partial charge in [0.15, 0.2) is 0 Å². The summed E-state index contributed by atoms with van der Waals surface area (Å²) in [5.74, 6) is -2.15. The fourth-order valence-electron chi connectivity index (χ4n) is 3.79. The van der Waals surface area contributed by atoms with Crippen molar-refractivity contribution in [3.63, 3.8) is 0 Å². The molecule has 1 amide bonds. The second-order valence-electron chi connectivity index (χ2n) is 6.81. The number of aliphatic carboxylic acids is 1. The topological polar surface area (TPSA) is 70.1 Å². The molecule has 2 aliphatic rings. The fraction of sp³-hybridized carbons (Fsp3) is 0.579. The maximum absolute atomic E-state index is 12.8. The molecule has 1 aromatic carbocycles. The van der Waals surface area contributed by atoms with Gasteiger partial charge in [-0.2, -0.15) is 13.2 Å². The van der Waals surface area contributed by atoms with Gasteiger partial charge in [0.2, 0.25) is 0 Å². The minimum absolute atomic E-state index is 0.165. The Labute approximate surface area is 161 Å². The third-order valence-corrected chi connectivity index (χ3v) is 5.21. The van der Waals surface area contributed by atoms with Crippen molar-refractivity contribution >= 4 is 11.9 Å². The molecular formula is C19H25F3N2O4. The molecule has 0 aromatic heterocycles. The van der Waals surface area contributed by atoms with Crippen molar-refractivity contribution in [2.45, 2.75) is 31.7 Å². The minimum atomic E-state index is -5.08. The fourth-order valence-corrected chi connectivity index (χ4v) is 3.79. The van der Waals surface area contributed by atoms with Gasteiger partial charge in [-0.1, -0.05) is 25.1 Å². The van der Waals surface area contributed by atoms with Crippen molar-refractivity contribution < 1.29 is 32.6 Å². The molecule has 2 fully saturated rings. The lowest BCUT2D eigenvalue weighted by molar-refractivity contribution is -0.192. The number of rotatable bonds is 3. The van der Waals surface area contributed by atoms with Crippen LogP contribution in [0.5, 0.6) is 0 Å². The lowest BCUT2D eigenvalue weighted by atomic mass is 9.88. The highest BCUT2D eigenvalue weighted by Gasteiger charge is 2.45. The molecule has 0 saturated carbocycles. The zero-order valence-corrected chi connectivity index (χ0v) is 15.9. The summed E-state index contributed by atoms with van der Waals surface area (Å²) in [6, 6.07) is 9.92. The predicted octanol–water partition coefficient (Wildman–Crippen LogP) is 2.50. The smallest absolute Gasteiger partial charge is 0.475 e. The zero-order chi connectivity index (χ0) is 20.9. The number of likely N-dealkylation sites (N-methyl/N-ethyl adjacent to an activating group) is 1. The van der Waals surface area contributed by atoms with Crippen molar-refractivity contribution in [1.82, 2.24) is 9.80 Å². The molecule has 2 heterocycles. The van der Waals surface area contributed by atoms with Gasteiger partial charge in [0, 0.05) is 38.2 Å². The Morgan fingerprint density at radius 2 is 1.82 bits per heavy atom. The van der Waals surface area contributed by atoms with E-state index >= 15 is 0 Å². The number of fused-ring (bicyclic) bond motifs is 1. The Morgan fingerprint density at radius 1 is 1.21 bits per heavy atom. The summed E-state index contributed by atoms with van der Waals surface area (Å²) < 4.78 is 37.4. The van der Waals surface area contributed by atoms with Gasteiger partial charge >= 0.3 is 12.1 Å². The second kappa shape index (κ2) is 9.38. The first-order valence-electron chi connectivity index (χ1n) is 9.10. The Kier molecular flexibility index (Phi) is 7.42. The Morgan fingerprint density at radius 3 is 2.32 bits per heavy atom. The number of piperidine rings is 1. The molecule has 2 aliphatic heterocycles. The number of alkyl halides is 3. The van der Waals surface area contributed by atoms with E-state index in [4.69, 9.17) is 14.6 Å². The highest BCUT2D eigenvalue weighted by Crippen LogP contribution is 2.33. The number of halogens is 3. The molecule has 3 atom stereocenters. The third kappa shape index (κ3) is 5.23. The molecule has 28 heavy (non-hydrogen) atoms. The number of benzene rings is 1. The quantitative estimate of drug-likeness (QED) is 0.841. The van der Waals surface area contributed by atoms with Gasteiger partial charge in [0.1, 0.15) is 0 Å². The van der Waals surface area contributed by atoms with Crippen LogP contribution in [-0.2, 0) is 9.53 Å². The molecule has 2 saturated heterocycles. The summed E-state index contributed by atoms with van der Waals surface area (Å²) >= 11 is 0. The molecule has 0 unspecified atom stereocenters. The first-order valence-corrected chi connectivity index (χ1v) is 9.10. The lowest BCUT2D eigenvalue weighted by Crippen LogP contribution is -2.53. The predicted molar refractivity (Wildman–Crippen MR) is 96.0 cm³/mol. The van der Waals surface area contributed by atoms with E-state index in [0.717, 1.165) is 38.2 Å². The molecule has 6 nitrogen and oxygen atoms in total. The third-order valence-electron chi connectivity index (χ3n) is 5.21. The molecule has 0 bridgehead atoms. The van der Waals surface area contributed by atoms with Crippen LogP contribution >= 0.6 is 0 Å². The number of likely N-dealkylation sites (tertiary alicyclic amines) is 2. The SMILES string of the molecule is CCN1C[C@H]2[C@@H](C1)N(C(=O)c1ccccc1)CC[C@H]2OC.O=C(O)C(F)(F)F. The zero-order valence-electron chi connectivity index (χ0n) is 15.9. The van der Waals surface area contributed by atoms with Gasteiger partial charge in [0.25, 0.3) is 5.91 Å². The minimum Gasteiger partial charge on any atom is -0.475 e. The van der Waals surface area contributed by atoms with Crippen molar-refractivity contribution in [1.29, 1.82) is 0 Å². The number of carbonyl (C=O) groups is 2. The summed E-state index contributed by atoms with van der Waals surface area (Å²) in [5, 5.41) is 7.12. The van der Waals surface area contributed by atoms with E-state index in [9.17, 15) is 18.0 Å². The highest BCUT2D eigenvalue weighted by atomic mass is 19.4. The molecule has 0 radical (unpaired) electrons. The summed E-state index contributed by atoms with van der Waals surface area (Å²) in [4.78, 5) is 26.2. The maximum Gasteiger partial charge on any atom is 0.490 e. The van der Waals surface area contributed by atoms with Crippen molar-refractivity contribution in [3.8, 4) is 0 Å². The van der Waals surface area contributed by atoms with E-state index in [1.807, 2.05) is 30.3 Å². The number of hydrogen-bond acceptors (Lipinski definition) is 4. The summed E-state index contributed by atoms with van der Waals surface area (Å²) in [6.07, 6.45) is -3.86. The second-order valence-corrected chi connectivity index (χ2v) is 6.81. The summed E-state index contributed by atoms with van der Waals surface area (Å²) in [7, 11) is 1.80. The van der Waals surface area contributed by atoms with Gasteiger partial charge in [-0.15, -0.1) is 0 Å². The van der Waals surface area contributed by atoms with E-state index in [2.05, 4.69) is 16.7 Å². The highest BCUT2D eigenvalue weighted by molar-refractivity contribution is 5.94. The molecule has 1 aromatic rings. The molecule has 9 heteroatoms. The van der Waals surface area contributed by atoms with E-state index in [1.54, 1.807) is 7.11 Å². The first-order chi connectivity index (χ1) is 13.2. The van der Waals surface area contributed by atoms with Crippen LogP contribution in [0.3, 0.4) is 0 Å². The largest absolute Gasteiger partial charge is 0.490 e. The van der Waals surface area contributed by atoms with Crippen LogP contribution in [0.1, 0.15) is 23.7 Å². The van der Waals surface area contributed by atoms with Crippen molar-refractivity contribution in [2.24, 2.45) is 5.92 Å². The monoisotopic (exact) mass is 402 g/mol. The van der Waals surface area contributed by atoms with E-state index in [0.29, 0.717) is 5.92 Å². The number of carbonyl (C=O) groups excluding carboxylic acids is 1. The van der Waals surface area contributed by atoms with Crippen molar-refractivity contribution in [3.05, 3.63) is 35.9 Å². The van der Waals surface area contributed by atoms with Crippen LogP contribution in [0.25, 0.3) is 0 Å². The van der Waals surface area contributed by atoms with Crippen LogP contribution in [-0.4, -0.2) is 78.4 Å². The number of methoxy groups -OCH3 is 1. The Hall–Kier alpha value is -2.13. The molecular weight excluding hydrogens is 377 g/mol. The van der Waals surface area contributed by atoms with E-state index in [1.165, 1.54) is 0 Å². The van der Waals surface area contributed by atoms with Crippen molar-refractivity contribution in [2.75, 3.05) is 33.3 Å².